The van der Waals surface area contributed by atoms with Crippen LogP contribution in [0.1, 0.15) is 31.2 Å². The first-order valence-electron chi connectivity index (χ1n) is 20.6. The van der Waals surface area contributed by atoms with Crippen molar-refractivity contribution in [1.29, 1.82) is 0 Å². The zero-order chi connectivity index (χ0) is 36.8. The fraction of sp³-hybridized carbons (Fsp3) is 0.164. The first-order chi connectivity index (χ1) is 27.7. The molecule has 0 aliphatic heterocycles. The maximum Gasteiger partial charge on any atom is 0.0540 e. The Hall–Kier alpha value is -6.18. The van der Waals surface area contributed by atoms with Crippen LogP contribution in [0.25, 0.3) is 55.3 Å². The first kappa shape index (κ1) is 32.1. The molecule has 0 bridgehead atoms. The minimum Gasteiger partial charge on any atom is -0.309 e. The van der Waals surface area contributed by atoms with Gasteiger partial charge in [-0.25, -0.2) is 0 Å². The number of hydrogen-bond donors (Lipinski definition) is 0. The largest absolute Gasteiger partial charge is 0.309 e. The van der Waals surface area contributed by atoms with Gasteiger partial charge in [0, 0.05) is 22.1 Å². The summed E-state index contributed by atoms with van der Waals surface area (Å²) in [4.78, 5) is 2.54. The molecule has 4 aliphatic carbocycles. The molecule has 8 aromatic rings. The van der Waals surface area contributed by atoms with Crippen LogP contribution in [0.2, 0.25) is 0 Å². The van der Waals surface area contributed by atoms with E-state index in [1.54, 1.807) is 5.56 Å². The Labute approximate surface area is 329 Å². The number of benzene rings is 8. The average Bonchev–Trinajstić information content (AvgIpc) is 3.24. The van der Waals surface area contributed by atoms with Crippen molar-refractivity contribution in [3.63, 3.8) is 0 Å². The molecule has 1 heteroatoms. The summed E-state index contributed by atoms with van der Waals surface area (Å²) in [6.45, 7) is 0. The van der Waals surface area contributed by atoms with E-state index in [2.05, 4.69) is 199 Å². The monoisotopic (exact) mass is 717 g/mol. The van der Waals surface area contributed by atoms with Crippen LogP contribution < -0.4 is 4.90 Å². The summed E-state index contributed by atoms with van der Waals surface area (Å²) in [6.07, 6.45) is 5.70. The van der Waals surface area contributed by atoms with Gasteiger partial charge in [-0.15, -0.1) is 0 Å². The first-order valence-corrected chi connectivity index (χ1v) is 20.6. The van der Waals surface area contributed by atoms with Gasteiger partial charge in [0.15, 0.2) is 0 Å². The van der Waals surface area contributed by atoms with Crippen LogP contribution in [0, 0.1) is 23.2 Å². The highest BCUT2D eigenvalue weighted by Crippen LogP contribution is 2.93. The zero-order valence-corrected chi connectivity index (χ0v) is 31.5. The summed E-state index contributed by atoms with van der Waals surface area (Å²) in [5.74, 6) is 2.87. The number of hydrogen-bond acceptors (Lipinski definition) is 1. The van der Waals surface area contributed by atoms with Crippen molar-refractivity contribution in [3.8, 4) is 44.5 Å². The molecule has 0 N–H and O–H groups in total. The van der Waals surface area contributed by atoms with E-state index in [0.717, 1.165) is 29.1 Å². The summed E-state index contributed by atoms with van der Waals surface area (Å²) in [7, 11) is 0. The Bertz CT molecular complexity index is 2750. The predicted octanol–water partition coefficient (Wildman–Crippen LogP) is 14.7. The minimum absolute atomic E-state index is 0.353. The van der Waals surface area contributed by atoms with E-state index in [1.165, 1.54) is 86.7 Å². The Balaban J connectivity index is 1.08. The van der Waals surface area contributed by atoms with Gasteiger partial charge >= 0.3 is 0 Å². The van der Waals surface area contributed by atoms with E-state index in [0.29, 0.717) is 10.8 Å². The molecule has 12 rings (SSSR count). The molecule has 0 heterocycles. The smallest absolute Gasteiger partial charge is 0.0540 e. The van der Waals surface area contributed by atoms with Crippen molar-refractivity contribution in [2.75, 3.05) is 4.90 Å². The van der Waals surface area contributed by atoms with Gasteiger partial charge in [0.05, 0.1) is 17.1 Å². The molecular formula is C55H43N. The maximum absolute atomic E-state index is 2.54. The number of nitrogens with zero attached hydrogens (tertiary/aromatic N) is 1. The summed E-state index contributed by atoms with van der Waals surface area (Å²) in [6, 6.07) is 72.0. The quantitative estimate of drug-likeness (QED) is 0.151. The third kappa shape index (κ3) is 4.32. The van der Waals surface area contributed by atoms with Gasteiger partial charge in [0.2, 0.25) is 0 Å². The van der Waals surface area contributed by atoms with Gasteiger partial charge in [-0.1, -0.05) is 176 Å². The number of para-hydroxylation sites is 3. The van der Waals surface area contributed by atoms with Gasteiger partial charge in [-0.3, -0.25) is 0 Å². The second kappa shape index (κ2) is 12.2. The average molecular weight is 718 g/mol. The third-order valence-electron chi connectivity index (χ3n) is 14.7. The SMILES string of the molecule is c1ccc(-c2ccc(-c3ccccc3N(c3ccccc3-c3ccccc3)c3ccccc3-c3cccc4cccc(C56CC7CC8CC(C5)C876)c34)cc2)cc1. The van der Waals surface area contributed by atoms with E-state index in [4.69, 9.17) is 0 Å². The van der Waals surface area contributed by atoms with E-state index in [1.807, 2.05) is 0 Å². The van der Waals surface area contributed by atoms with E-state index in [9.17, 15) is 0 Å². The van der Waals surface area contributed by atoms with Crippen molar-refractivity contribution < 1.29 is 0 Å². The van der Waals surface area contributed by atoms with Crippen LogP contribution >= 0.6 is 0 Å². The third-order valence-corrected chi connectivity index (χ3v) is 14.7. The molecule has 4 saturated carbocycles. The molecule has 2 unspecified atom stereocenters. The number of fused-ring (bicyclic) bond motifs is 1. The van der Waals surface area contributed by atoms with E-state index in [-0.39, 0.29) is 0 Å². The Morgan fingerprint density at radius 3 is 1.39 bits per heavy atom. The van der Waals surface area contributed by atoms with Gasteiger partial charge < -0.3 is 4.90 Å². The van der Waals surface area contributed by atoms with E-state index < -0.39 is 0 Å². The van der Waals surface area contributed by atoms with Crippen LogP contribution in [0.3, 0.4) is 0 Å². The molecule has 0 saturated heterocycles. The molecule has 1 nitrogen and oxygen atoms in total. The highest BCUT2D eigenvalue weighted by atomic mass is 15.1. The summed E-state index contributed by atoms with van der Waals surface area (Å²) in [5, 5.41) is 2.82. The molecule has 1 spiro atoms. The lowest BCUT2D eigenvalue weighted by Gasteiger charge is -2.91. The van der Waals surface area contributed by atoms with Crippen LogP contribution in [0.15, 0.2) is 194 Å². The number of anilines is 3. The summed E-state index contributed by atoms with van der Waals surface area (Å²) >= 11 is 0. The molecular weight excluding hydrogens is 675 g/mol. The maximum atomic E-state index is 2.54. The highest BCUT2D eigenvalue weighted by Gasteiger charge is 2.87. The summed E-state index contributed by atoms with van der Waals surface area (Å²) in [5.41, 5.74) is 15.9. The van der Waals surface area contributed by atoms with Crippen LogP contribution in [-0.2, 0) is 5.41 Å². The predicted molar refractivity (Wildman–Crippen MR) is 233 cm³/mol. The molecule has 4 aliphatic rings. The lowest BCUT2D eigenvalue weighted by atomic mass is 9.12. The minimum atomic E-state index is 0.353. The van der Waals surface area contributed by atoms with Crippen LogP contribution in [-0.4, -0.2) is 0 Å². The highest BCUT2D eigenvalue weighted by molar-refractivity contribution is 6.05. The van der Waals surface area contributed by atoms with Crippen LogP contribution in [0.4, 0.5) is 17.1 Å². The molecule has 268 valence electrons. The normalized spacial score (nSPS) is 23.8. The molecule has 8 aromatic carbocycles. The van der Waals surface area contributed by atoms with Gasteiger partial charge in [-0.05, 0) is 111 Å². The van der Waals surface area contributed by atoms with Crippen LogP contribution in [0.5, 0.6) is 0 Å². The van der Waals surface area contributed by atoms with Gasteiger partial charge in [0.1, 0.15) is 0 Å². The van der Waals surface area contributed by atoms with Crippen molar-refractivity contribution >= 4 is 27.8 Å². The van der Waals surface area contributed by atoms with Crippen molar-refractivity contribution in [3.05, 3.63) is 200 Å². The zero-order valence-electron chi connectivity index (χ0n) is 31.5. The van der Waals surface area contributed by atoms with Crippen molar-refractivity contribution in [2.24, 2.45) is 23.2 Å². The second-order valence-corrected chi connectivity index (χ2v) is 16.9. The Morgan fingerprint density at radius 2 is 0.804 bits per heavy atom. The fourth-order valence-corrected chi connectivity index (χ4v) is 12.6. The standard InChI is InChI=1S/C55H43N/c1-3-15-37(16-4-1)38-29-31-40(32-30-38)46-22-8-11-27-51(46)56(50-26-10-7-21-45(50)39-17-5-2-6-18-39)52-28-12-9-23-47(52)48-24-13-19-41-20-14-25-49(53(41)48)54-35-43-33-42-34-44(36-54)55(42,43)54/h1-32,42-44H,33-36H2. The van der Waals surface area contributed by atoms with Crippen molar-refractivity contribution in [1.82, 2.24) is 0 Å². The van der Waals surface area contributed by atoms with E-state index >= 15 is 0 Å². The fourth-order valence-electron chi connectivity index (χ4n) is 12.6. The molecule has 56 heavy (non-hydrogen) atoms. The lowest BCUT2D eigenvalue weighted by Crippen LogP contribution is -2.87. The summed E-state index contributed by atoms with van der Waals surface area (Å²) < 4.78 is 0. The number of rotatable bonds is 8. The second-order valence-electron chi connectivity index (χ2n) is 16.9. The van der Waals surface area contributed by atoms with Gasteiger partial charge in [-0.2, -0.15) is 0 Å². The molecule has 0 amide bonds. The lowest BCUT2D eigenvalue weighted by molar-refractivity contribution is -0.394. The van der Waals surface area contributed by atoms with Crippen molar-refractivity contribution in [2.45, 2.75) is 31.1 Å². The Kier molecular flexibility index (Phi) is 6.97. The van der Waals surface area contributed by atoms with Gasteiger partial charge in [0.25, 0.3) is 0 Å². The molecule has 0 radical (unpaired) electrons. The molecule has 4 fully saturated rings. The molecule has 0 aromatic heterocycles. The topological polar surface area (TPSA) is 3.24 Å². The molecule has 2 atom stereocenters. The Morgan fingerprint density at radius 1 is 0.357 bits per heavy atom.